The van der Waals surface area contributed by atoms with E-state index in [4.69, 9.17) is 9.72 Å². The second-order valence-corrected chi connectivity index (χ2v) is 9.78. The standard InChI is InChI=1S/C23H31N3O3S/c1-16(21(27)24-14-17-8-3-2-4-9-17)30-23-25-20-12-6-5-11-19(20)22(28)26(23)15-18-10-7-13-29-18/h5-6,11-12,16-18H,2-4,7-10,13-15H2,1H3,(H,24,27)/t16-,18-/m1/s1. The minimum Gasteiger partial charge on any atom is -0.376 e. The SMILES string of the molecule is C[C@@H](Sc1nc2ccccc2c(=O)n1C[C@H]1CCCO1)C(=O)NCC1CCCCC1. The van der Waals surface area contributed by atoms with Gasteiger partial charge in [0.15, 0.2) is 5.16 Å². The highest BCUT2D eigenvalue weighted by Gasteiger charge is 2.24. The first-order valence-corrected chi connectivity index (χ1v) is 12.1. The number of carbonyl (C=O) groups is 1. The van der Waals surface area contributed by atoms with Crippen molar-refractivity contribution in [3.05, 3.63) is 34.6 Å². The second-order valence-electron chi connectivity index (χ2n) is 8.47. The van der Waals surface area contributed by atoms with Crippen molar-refractivity contribution in [1.82, 2.24) is 14.9 Å². The molecule has 1 saturated heterocycles. The number of ether oxygens (including phenoxy) is 1. The maximum Gasteiger partial charge on any atom is 0.262 e. The van der Waals surface area contributed by atoms with Crippen molar-refractivity contribution in [2.45, 2.75) is 74.9 Å². The Bertz CT molecular complexity index is 933. The molecule has 1 saturated carbocycles. The van der Waals surface area contributed by atoms with Crippen LogP contribution in [0.5, 0.6) is 0 Å². The smallest absolute Gasteiger partial charge is 0.262 e. The van der Waals surface area contributed by atoms with Gasteiger partial charge in [0.25, 0.3) is 5.56 Å². The third kappa shape index (κ3) is 5.06. The summed E-state index contributed by atoms with van der Waals surface area (Å²) >= 11 is 1.36. The van der Waals surface area contributed by atoms with Gasteiger partial charge in [0.1, 0.15) is 0 Å². The molecule has 0 bridgehead atoms. The number of nitrogens with zero attached hydrogens (tertiary/aromatic N) is 2. The third-order valence-electron chi connectivity index (χ3n) is 6.18. The van der Waals surface area contributed by atoms with E-state index in [-0.39, 0.29) is 22.8 Å². The summed E-state index contributed by atoms with van der Waals surface area (Å²) < 4.78 is 7.46. The molecule has 1 aliphatic heterocycles. The Balaban J connectivity index is 1.51. The number of rotatable bonds is 7. The van der Waals surface area contributed by atoms with E-state index in [0.717, 1.165) is 26.0 Å². The minimum atomic E-state index is -0.322. The second kappa shape index (κ2) is 9.96. The van der Waals surface area contributed by atoms with Gasteiger partial charge >= 0.3 is 0 Å². The first kappa shape index (κ1) is 21.4. The zero-order valence-corrected chi connectivity index (χ0v) is 18.5. The average molecular weight is 430 g/mol. The monoisotopic (exact) mass is 429 g/mol. The van der Waals surface area contributed by atoms with Gasteiger partial charge in [0, 0.05) is 13.2 Å². The molecule has 1 aliphatic carbocycles. The van der Waals surface area contributed by atoms with Crippen LogP contribution in [0.25, 0.3) is 10.9 Å². The summed E-state index contributed by atoms with van der Waals surface area (Å²) in [7, 11) is 0. The summed E-state index contributed by atoms with van der Waals surface area (Å²) in [4.78, 5) is 30.6. The molecule has 7 heteroatoms. The van der Waals surface area contributed by atoms with E-state index >= 15 is 0 Å². The van der Waals surface area contributed by atoms with Crippen molar-refractivity contribution < 1.29 is 9.53 Å². The lowest BCUT2D eigenvalue weighted by atomic mass is 9.89. The summed E-state index contributed by atoms with van der Waals surface area (Å²) in [5.41, 5.74) is 0.608. The van der Waals surface area contributed by atoms with Crippen LogP contribution in [0.3, 0.4) is 0 Å². The number of hydrogen-bond acceptors (Lipinski definition) is 5. The fourth-order valence-electron chi connectivity index (χ4n) is 4.38. The first-order valence-electron chi connectivity index (χ1n) is 11.2. The van der Waals surface area contributed by atoms with Crippen LogP contribution < -0.4 is 10.9 Å². The van der Waals surface area contributed by atoms with E-state index in [1.165, 1.54) is 43.9 Å². The molecule has 30 heavy (non-hydrogen) atoms. The summed E-state index contributed by atoms with van der Waals surface area (Å²) in [6.45, 7) is 3.86. The molecule has 1 aromatic carbocycles. The predicted octanol–water partition coefficient (Wildman–Crippen LogP) is 3.75. The van der Waals surface area contributed by atoms with Crippen LogP contribution in [-0.2, 0) is 16.1 Å². The highest BCUT2D eigenvalue weighted by molar-refractivity contribution is 8.00. The molecule has 0 radical (unpaired) electrons. The van der Waals surface area contributed by atoms with Gasteiger partial charge in [0.05, 0.1) is 28.8 Å². The van der Waals surface area contributed by atoms with Crippen LogP contribution in [0, 0.1) is 5.92 Å². The molecule has 1 aromatic heterocycles. The molecule has 162 valence electrons. The molecular weight excluding hydrogens is 398 g/mol. The van der Waals surface area contributed by atoms with E-state index in [0.29, 0.717) is 28.5 Å². The van der Waals surface area contributed by atoms with E-state index in [9.17, 15) is 9.59 Å². The Morgan fingerprint density at radius 1 is 1.23 bits per heavy atom. The number of thioether (sulfide) groups is 1. The van der Waals surface area contributed by atoms with Gasteiger partial charge in [-0.2, -0.15) is 0 Å². The molecule has 4 rings (SSSR count). The van der Waals surface area contributed by atoms with Gasteiger partial charge in [-0.05, 0) is 50.7 Å². The predicted molar refractivity (Wildman–Crippen MR) is 120 cm³/mol. The van der Waals surface area contributed by atoms with Gasteiger partial charge in [-0.3, -0.25) is 14.2 Å². The van der Waals surface area contributed by atoms with Crippen molar-refractivity contribution in [3.63, 3.8) is 0 Å². The van der Waals surface area contributed by atoms with Gasteiger partial charge in [-0.15, -0.1) is 0 Å². The Labute approximate surface area is 181 Å². The van der Waals surface area contributed by atoms with Crippen molar-refractivity contribution in [2.75, 3.05) is 13.2 Å². The van der Waals surface area contributed by atoms with Crippen LogP contribution >= 0.6 is 11.8 Å². The summed E-state index contributed by atoms with van der Waals surface area (Å²) in [5.74, 6) is 0.605. The Morgan fingerprint density at radius 3 is 2.80 bits per heavy atom. The van der Waals surface area contributed by atoms with Crippen LogP contribution in [0.2, 0.25) is 0 Å². The Hall–Kier alpha value is -1.86. The number of benzene rings is 1. The number of aromatic nitrogens is 2. The van der Waals surface area contributed by atoms with Crippen molar-refractivity contribution in [1.29, 1.82) is 0 Å². The van der Waals surface area contributed by atoms with Crippen molar-refractivity contribution in [3.8, 4) is 0 Å². The summed E-state index contributed by atoms with van der Waals surface area (Å²) in [6, 6.07) is 7.40. The quantitative estimate of drug-likeness (QED) is 0.536. The zero-order valence-electron chi connectivity index (χ0n) is 17.6. The topological polar surface area (TPSA) is 73.2 Å². The number of hydrogen-bond donors (Lipinski definition) is 1. The maximum absolute atomic E-state index is 13.2. The van der Waals surface area contributed by atoms with Gasteiger partial charge < -0.3 is 10.1 Å². The van der Waals surface area contributed by atoms with E-state index in [1.807, 2.05) is 31.2 Å². The largest absolute Gasteiger partial charge is 0.376 e. The van der Waals surface area contributed by atoms with E-state index in [1.54, 1.807) is 4.57 Å². The van der Waals surface area contributed by atoms with Gasteiger partial charge in [-0.1, -0.05) is 43.2 Å². The lowest BCUT2D eigenvalue weighted by Crippen LogP contribution is -2.36. The van der Waals surface area contributed by atoms with Crippen LogP contribution in [0.15, 0.2) is 34.2 Å². The number of para-hydroxylation sites is 1. The summed E-state index contributed by atoms with van der Waals surface area (Å²) in [6.07, 6.45) is 8.24. The normalized spacial score (nSPS) is 21.0. The molecule has 0 spiro atoms. The van der Waals surface area contributed by atoms with Crippen LogP contribution in [-0.4, -0.2) is 40.0 Å². The highest BCUT2D eigenvalue weighted by Crippen LogP contribution is 2.26. The summed E-state index contributed by atoms with van der Waals surface area (Å²) in [5, 5.41) is 3.99. The van der Waals surface area contributed by atoms with E-state index < -0.39 is 0 Å². The van der Waals surface area contributed by atoms with Gasteiger partial charge in [-0.25, -0.2) is 4.98 Å². The number of amides is 1. The molecule has 2 atom stereocenters. The molecule has 0 unspecified atom stereocenters. The minimum absolute atomic E-state index is 0.0108. The lowest BCUT2D eigenvalue weighted by molar-refractivity contribution is -0.120. The third-order valence-corrected chi connectivity index (χ3v) is 7.27. The Kier molecular flexibility index (Phi) is 7.10. The molecule has 2 heterocycles. The average Bonchev–Trinajstić information content (AvgIpc) is 3.28. The number of nitrogens with one attached hydrogen (secondary N) is 1. The molecule has 2 aliphatic rings. The highest BCUT2D eigenvalue weighted by atomic mass is 32.2. The number of fused-ring (bicyclic) bond motifs is 1. The Morgan fingerprint density at radius 2 is 2.03 bits per heavy atom. The lowest BCUT2D eigenvalue weighted by Gasteiger charge is -2.23. The molecule has 2 fully saturated rings. The number of carbonyl (C=O) groups excluding carboxylic acids is 1. The van der Waals surface area contributed by atoms with E-state index in [2.05, 4.69) is 5.32 Å². The molecule has 1 amide bonds. The van der Waals surface area contributed by atoms with Gasteiger partial charge in [0.2, 0.25) is 5.91 Å². The molecule has 2 aromatic rings. The van der Waals surface area contributed by atoms with Crippen LogP contribution in [0.4, 0.5) is 0 Å². The molecule has 1 N–H and O–H groups in total. The van der Waals surface area contributed by atoms with Crippen molar-refractivity contribution in [2.24, 2.45) is 5.92 Å². The molecular formula is C23H31N3O3S. The fourth-order valence-corrected chi connectivity index (χ4v) is 5.32. The first-order chi connectivity index (χ1) is 14.6. The van der Waals surface area contributed by atoms with Crippen LogP contribution in [0.1, 0.15) is 51.9 Å². The maximum atomic E-state index is 13.2. The zero-order chi connectivity index (χ0) is 20.9. The molecule has 6 nitrogen and oxygen atoms in total. The van der Waals surface area contributed by atoms with Crippen molar-refractivity contribution >= 4 is 28.6 Å². The fraction of sp³-hybridized carbons (Fsp3) is 0.609.